The molecule has 4 nitrogen and oxygen atoms in total. The van der Waals surface area contributed by atoms with Gasteiger partial charge in [-0.2, -0.15) is 0 Å². The van der Waals surface area contributed by atoms with Gasteiger partial charge >= 0.3 is 0 Å². The molecule has 0 aliphatic carbocycles. The summed E-state index contributed by atoms with van der Waals surface area (Å²) >= 11 is 0. The standard InChI is InChI=1S/C21H25N3O/c1-3-8-15(9-4-2)21(25)22-17-11-7-10-16(14-17)20-23-18-12-5-6-13-19(18)24-20/h5-7,10-15H,3-4,8-9H2,1-2H3,(H,22,25)(H,23,24). The first-order chi connectivity index (χ1) is 12.2. The number of carbonyl (C=O) groups excluding carboxylic acids is 1. The van der Waals surface area contributed by atoms with Gasteiger partial charge in [-0.1, -0.05) is 51.0 Å². The van der Waals surface area contributed by atoms with Crippen LogP contribution >= 0.6 is 0 Å². The molecule has 0 saturated heterocycles. The fourth-order valence-electron chi connectivity index (χ4n) is 3.18. The number of amides is 1. The van der Waals surface area contributed by atoms with Crippen LogP contribution in [0.15, 0.2) is 48.5 Å². The molecular formula is C21H25N3O. The molecule has 0 aliphatic rings. The minimum Gasteiger partial charge on any atom is -0.338 e. The third-order valence-corrected chi connectivity index (χ3v) is 4.44. The highest BCUT2D eigenvalue weighted by Gasteiger charge is 2.17. The quantitative estimate of drug-likeness (QED) is 0.608. The van der Waals surface area contributed by atoms with Crippen molar-refractivity contribution < 1.29 is 4.79 Å². The number of fused-ring (bicyclic) bond motifs is 1. The summed E-state index contributed by atoms with van der Waals surface area (Å²) in [5.41, 5.74) is 3.74. The topological polar surface area (TPSA) is 57.8 Å². The van der Waals surface area contributed by atoms with Gasteiger partial charge in [0.1, 0.15) is 5.82 Å². The number of aromatic nitrogens is 2. The van der Waals surface area contributed by atoms with E-state index in [1.54, 1.807) is 0 Å². The molecule has 0 radical (unpaired) electrons. The van der Waals surface area contributed by atoms with Crippen molar-refractivity contribution in [3.8, 4) is 11.4 Å². The summed E-state index contributed by atoms with van der Waals surface area (Å²) in [5.74, 6) is 1.02. The number of rotatable bonds is 7. The summed E-state index contributed by atoms with van der Waals surface area (Å²) in [5, 5.41) is 3.07. The fourth-order valence-corrected chi connectivity index (χ4v) is 3.18. The second-order valence-corrected chi connectivity index (χ2v) is 6.45. The van der Waals surface area contributed by atoms with Crippen LogP contribution in [0.3, 0.4) is 0 Å². The van der Waals surface area contributed by atoms with Crippen molar-refractivity contribution in [3.63, 3.8) is 0 Å². The highest BCUT2D eigenvalue weighted by atomic mass is 16.1. The molecular weight excluding hydrogens is 310 g/mol. The van der Waals surface area contributed by atoms with Crippen LogP contribution in [0.2, 0.25) is 0 Å². The first-order valence-electron chi connectivity index (χ1n) is 9.07. The molecule has 25 heavy (non-hydrogen) atoms. The van der Waals surface area contributed by atoms with Crippen LogP contribution in [0.1, 0.15) is 39.5 Å². The van der Waals surface area contributed by atoms with E-state index >= 15 is 0 Å². The average Bonchev–Trinajstić information content (AvgIpc) is 3.06. The molecule has 0 unspecified atom stereocenters. The van der Waals surface area contributed by atoms with Crippen LogP contribution in [0.4, 0.5) is 5.69 Å². The number of hydrogen-bond acceptors (Lipinski definition) is 2. The predicted octanol–water partition coefficient (Wildman–Crippen LogP) is 5.38. The van der Waals surface area contributed by atoms with Gasteiger partial charge in [0.25, 0.3) is 0 Å². The van der Waals surface area contributed by atoms with E-state index in [1.807, 2.05) is 48.5 Å². The molecule has 1 heterocycles. The molecule has 0 fully saturated rings. The molecule has 130 valence electrons. The molecule has 1 amide bonds. The molecule has 3 aromatic rings. The minimum absolute atomic E-state index is 0.0878. The zero-order valence-corrected chi connectivity index (χ0v) is 14.9. The van der Waals surface area contributed by atoms with Gasteiger partial charge in [-0.05, 0) is 37.1 Å². The number of aromatic amines is 1. The van der Waals surface area contributed by atoms with Gasteiger partial charge in [-0.3, -0.25) is 4.79 Å². The summed E-state index contributed by atoms with van der Waals surface area (Å²) in [6, 6.07) is 15.8. The number of imidazole rings is 1. The molecule has 0 saturated carbocycles. The second kappa shape index (κ2) is 7.97. The SMILES string of the molecule is CCCC(CCC)C(=O)Nc1cccc(-c2nc3ccccc3[nH]2)c1. The van der Waals surface area contributed by atoms with Crippen LogP contribution in [0.25, 0.3) is 22.4 Å². The van der Waals surface area contributed by atoms with Crippen LogP contribution in [-0.4, -0.2) is 15.9 Å². The van der Waals surface area contributed by atoms with E-state index in [4.69, 9.17) is 0 Å². The van der Waals surface area contributed by atoms with E-state index < -0.39 is 0 Å². The lowest BCUT2D eigenvalue weighted by atomic mass is 9.97. The number of hydrogen-bond donors (Lipinski definition) is 2. The Morgan fingerprint density at radius 1 is 1.08 bits per heavy atom. The lowest BCUT2D eigenvalue weighted by molar-refractivity contribution is -0.120. The van der Waals surface area contributed by atoms with Crippen molar-refractivity contribution in [2.24, 2.45) is 5.92 Å². The number of H-pyrrole nitrogens is 1. The third-order valence-electron chi connectivity index (χ3n) is 4.44. The smallest absolute Gasteiger partial charge is 0.227 e. The Morgan fingerprint density at radius 2 is 1.84 bits per heavy atom. The Hall–Kier alpha value is -2.62. The Morgan fingerprint density at radius 3 is 2.56 bits per heavy atom. The molecule has 4 heteroatoms. The number of para-hydroxylation sites is 2. The molecule has 0 bridgehead atoms. The maximum atomic E-state index is 12.5. The van der Waals surface area contributed by atoms with Crippen LogP contribution < -0.4 is 5.32 Å². The number of carbonyl (C=O) groups is 1. The van der Waals surface area contributed by atoms with Crippen molar-refractivity contribution in [2.45, 2.75) is 39.5 Å². The van der Waals surface area contributed by atoms with Gasteiger partial charge in [0.2, 0.25) is 5.91 Å². The van der Waals surface area contributed by atoms with E-state index in [2.05, 4.69) is 29.1 Å². The van der Waals surface area contributed by atoms with E-state index in [1.165, 1.54) is 0 Å². The molecule has 0 aliphatic heterocycles. The fraction of sp³-hybridized carbons (Fsp3) is 0.333. The second-order valence-electron chi connectivity index (χ2n) is 6.45. The maximum absolute atomic E-state index is 12.5. The third kappa shape index (κ3) is 4.08. The zero-order chi connectivity index (χ0) is 17.6. The first-order valence-corrected chi connectivity index (χ1v) is 9.07. The van der Waals surface area contributed by atoms with Crippen molar-refractivity contribution in [1.29, 1.82) is 0 Å². The van der Waals surface area contributed by atoms with Gasteiger partial charge in [0, 0.05) is 17.2 Å². The Balaban J connectivity index is 1.80. The normalized spacial score (nSPS) is 11.2. The Labute approximate surface area is 148 Å². The maximum Gasteiger partial charge on any atom is 0.227 e. The summed E-state index contributed by atoms with van der Waals surface area (Å²) in [4.78, 5) is 20.5. The Bertz CT molecular complexity index is 814. The van der Waals surface area contributed by atoms with Crippen LogP contribution in [-0.2, 0) is 4.79 Å². The molecule has 1 aromatic heterocycles. The van der Waals surface area contributed by atoms with Crippen LogP contribution in [0.5, 0.6) is 0 Å². The predicted molar refractivity (Wildman–Crippen MR) is 103 cm³/mol. The van der Waals surface area contributed by atoms with Crippen molar-refractivity contribution in [3.05, 3.63) is 48.5 Å². The van der Waals surface area contributed by atoms with Crippen molar-refractivity contribution in [1.82, 2.24) is 9.97 Å². The van der Waals surface area contributed by atoms with Gasteiger partial charge in [0.15, 0.2) is 0 Å². The summed E-state index contributed by atoms with van der Waals surface area (Å²) in [7, 11) is 0. The average molecular weight is 335 g/mol. The number of nitrogens with zero attached hydrogens (tertiary/aromatic N) is 1. The number of benzene rings is 2. The van der Waals surface area contributed by atoms with Crippen molar-refractivity contribution in [2.75, 3.05) is 5.32 Å². The zero-order valence-electron chi connectivity index (χ0n) is 14.9. The molecule has 0 atom stereocenters. The molecule has 0 spiro atoms. The highest BCUT2D eigenvalue weighted by Crippen LogP contribution is 2.24. The first kappa shape index (κ1) is 17.2. The summed E-state index contributed by atoms with van der Waals surface area (Å²) < 4.78 is 0. The van der Waals surface area contributed by atoms with E-state index in [9.17, 15) is 4.79 Å². The Kier molecular flexibility index (Phi) is 5.49. The van der Waals surface area contributed by atoms with E-state index in [0.29, 0.717) is 0 Å². The van der Waals surface area contributed by atoms with Gasteiger partial charge in [-0.25, -0.2) is 4.98 Å². The lowest BCUT2D eigenvalue weighted by Crippen LogP contribution is -2.22. The highest BCUT2D eigenvalue weighted by molar-refractivity contribution is 5.93. The van der Waals surface area contributed by atoms with Crippen molar-refractivity contribution >= 4 is 22.6 Å². The van der Waals surface area contributed by atoms with E-state index in [-0.39, 0.29) is 11.8 Å². The van der Waals surface area contributed by atoms with Gasteiger partial charge in [-0.15, -0.1) is 0 Å². The largest absolute Gasteiger partial charge is 0.338 e. The minimum atomic E-state index is 0.0878. The summed E-state index contributed by atoms with van der Waals surface area (Å²) in [6.45, 7) is 4.25. The monoisotopic (exact) mass is 335 g/mol. The van der Waals surface area contributed by atoms with Gasteiger partial charge in [0.05, 0.1) is 11.0 Å². The van der Waals surface area contributed by atoms with Crippen LogP contribution in [0, 0.1) is 5.92 Å². The number of nitrogens with one attached hydrogen (secondary N) is 2. The molecule has 2 N–H and O–H groups in total. The summed E-state index contributed by atoms with van der Waals surface area (Å²) in [6.07, 6.45) is 3.92. The molecule has 2 aromatic carbocycles. The number of anilines is 1. The lowest BCUT2D eigenvalue weighted by Gasteiger charge is -2.15. The molecule has 3 rings (SSSR count). The van der Waals surface area contributed by atoms with E-state index in [0.717, 1.165) is 53.8 Å². The van der Waals surface area contributed by atoms with Gasteiger partial charge < -0.3 is 10.3 Å².